The Labute approximate surface area is 76.7 Å². The minimum Gasteiger partial charge on any atom is -0.0649 e. The lowest BCUT2D eigenvalue weighted by molar-refractivity contribution is -0.0564. The molecule has 0 aromatic rings. The van der Waals surface area contributed by atoms with E-state index in [1.165, 1.54) is 38.5 Å². The molecule has 0 nitrogen and oxygen atoms in total. The minimum atomic E-state index is 0.733. The molecular formula is C12H22. The first-order valence-electron chi connectivity index (χ1n) is 5.68. The van der Waals surface area contributed by atoms with Crippen molar-refractivity contribution in [2.24, 2.45) is 10.8 Å². The van der Waals surface area contributed by atoms with E-state index < -0.39 is 0 Å². The zero-order valence-electron chi connectivity index (χ0n) is 8.66. The van der Waals surface area contributed by atoms with Crippen LogP contribution >= 0.6 is 0 Å². The Morgan fingerprint density at radius 2 is 1.58 bits per heavy atom. The van der Waals surface area contributed by atoms with Gasteiger partial charge in [0.1, 0.15) is 0 Å². The zero-order valence-corrected chi connectivity index (χ0v) is 8.66. The van der Waals surface area contributed by atoms with Crippen LogP contribution in [0.5, 0.6) is 0 Å². The van der Waals surface area contributed by atoms with Gasteiger partial charge >= 0.3 is 0 Å². The maximum atomic E-state index is 2.48. The molecule has 0 saturated heterocycles. The van der Waals surface area contributed by atoms with Crippen LogP contribution < -0.4 is 0 Å². The van der Waals surface area contributed by atoms with Gasteiger partial charge in [-0.15, -0.1) is 0 Å². The lowest BCUT2D eigenvalue weighted by atomic mass is 9.48. The predicted octanol–water partition coefficient (Wildman–Crippen LogP) is 4.15. The predicted molar refractivity (Wildman–Crippen MR) is 53.2 cm³/mol. The summed E-state index contributed by atoms with van der Waals surface area (Å²) in [6.07, 6.45) is 12.1. The first-order valence-corrected chi connectivity index (χ1v) is 5.68. The average molecular weight is 166 g/mol. The van der Waals surface area contributed by atoms with Crippen molar-refractivity contribution in [3.63, 3.8) is 0 Å². The molecule has 2 rings (SSSR count). The highest BCUT2D eigenvalue weighted by Crippen LogP contribution is 2.62. The van der Waals surface area contributed by atoms with E-state index in [0.717, 1.165) is 10.8 Å². The zero-order chi connectivity index (χ0) is 8.66. The normalized spacial score (nSPS) is 31.5. The van der Waals surface area contributed by atoms with Gasteiger partial charge in [0.15, 0.2) is 0 Å². The molecule has 2 aliphatic carbocycles. The first kappa shape index (κ1) is 8.59. The number of hydrogen-bond acceptors (Lipinski definition) is 0. The van der Waals surface area contributed by atoms with Gasteiger partial charge in [0.2, 0.25) is 0 Å². The fraction of sp³-hybridized carbons (Fsp3) is 1.00. The van der Waals surface area contributed by atoms with Gasteiger partial charge in [-0.05, 0) is 36.5 Å². The Bertz CT molecular complexity index is 155. The summed E-state index contributed by atoms with van der Waals surface area (Å²) in [5.41, 5.74) is 1.57. The smallest absolute Gasteiger partial charge is 0.0287 e. The third-order valence-corrected chi connectivity index (χ3v) is 4.37. The highest BCUT2D eigenvalue weighted by molar-refractivity contribution is 5.01. The largest absolute Gasteiger partial charge is 0.0649 e. The monoisotopic (exact) mass is 166 g/mol. The van der Waals surface area contributed by atoms with E-state index in [1.54, 1.807) is 12.8 Å². The van der Waals surface area contributed by atoms with Crippen LogP contribution in [0, 0.1) is 10.8 Å². The van der Waals surface area contributed by atoms with Crippen molar-refractivity contribution in [3.05, 3.63) is 0 Å². The maximum absolute atomic E-state index is 2.48. The molecule has 0 unspecified atom stereocenters. The van der Waals surface area contributed by atoms with Crippen molar-refractivity contribution >= 4 is 0 Å². The Morgan fingerprint density at radius 1 is 1.00 bits per heavy atom. The minimum absolute atomic E-state index is 0.733. The van der Waals surface area contributed by atoms with Gasteiger partial charge in [0.25, 0.3) is 0 Å². The van der Waals surface area contributed by atoms with Gasteiger partial charge in [0.05, 0.1) is 0 Å². The molecule has 0 N–H and O–H groups in total. The van der Waals surface area contributed by atoms with Crippen molar-refractivity contribution in [2.45, 2.75) is 65.2 Å². The van der Waals surface area contributed by atoms with E-state index in [4.69, 9.17) is 0 Å². The van der Waals surface area contributed by atoms with Crippen molar-refractivity contribution in [2.75, 3.05) is 0 Å². The Morgan fingerprint density at radius 3 is 2.08 bits per heavy atom. The summed E-state index contributed by atoms with van der Waals surface area (Å²) in [7, 11) is 0. The van der Waals surface area contributed by atoms with E-state index >= 15 is 0 Å². The van der Waals surface area contributed by atoms with Gasteiger partial charge < -0.3 is 0 Å². The second-order valence-corrected chi connectivity index (χ2v) is 5.58. The Kier molecular flexibility index (Phi) is 1.97. The van der Waals surface area contributed by atoms with Gasteiger partial charge in [-0.3, -0.25) is 0 Å². The van der Waals surface area contributed by atoms with Crippen molar-refractivity contribution in [3.8, 4) is 0 Å². The molecule has 2 aliphatic rings. The molecule has 0 aromatic heterocycles. The number of hydrogen-bond donors (Lipinski definition) is 0. The summed E-state index contributed by atoms with van der Waals surface area (Å²) < 4.78 is 0. The van der Waals surface area contributed by atoms with Crippen LogP contribution in [0.4, 0.5) is 0 Å². The lowest BCUT2D eigenvalue weighted by Crippen LogP contribution is -2.45. The molecule has 0 bridgehead atoms. The first-order chi connectivity index (χ1) is 5.68. The van der Waals surface area contributed by atoms with Gasteiger partial charge in [-0.1, -0.05) is 39.5 Å². The second kappa shape index (κ2) is 2.75. The lowest BCUT2D eigenvalue weighted by Gasteiger charge is -2.57. The molecule has 12 heavy (non-hydrogen) atoms. The molecule has 0 heterocycles. The number of rotatable bonds is 1. The molecule has 0 aliphatic heterocycles. The topological polar surface area (TPSA) is 0 Å². The molecule has 0 heteroatoms. The average Bonchev–Trinajstić information content (AvgIpc) is 2.04. The van der Waals surface area contributed by atoms with Crippen LogP contribution in [-0.4, -0.2) is 0 Å². The van der Waals surface area contributed by atoms with Crippen LogP contribution in [0.15, 0.2) is 0 Å². The highest BCUT2D eigenvalue weighted by atomic mass is 14.5. The molecule has 1 spiro atoms. The molecule has 2 saturated carbocycles. The summed E-state index contributed by atoms with van der Waals surface area (Å²) in [6, 6.07) is 0. The molecule has 0 amide bonds. The highest BCUT2D eigenvalue weighted by Gasteiger charge is 2.50. The van der Waals surface area contributed by atoms with Crippen LogP contribution in [0.25, 0.3) is 0 Å². The summed E-state index contributed by atoms with van der Waals surface area (Å²) in [5, 5.41) is 0. The maximum Gasteiger partial charge on any atom is -0.0287 e. The summed E-state index contributed by atoms with van der Waals surface area (Å²) in [4.78, 5) is 0. The van der Waals surface area contributed by atoms with Crippen molar-refractivity contribution in [1.29, 1.82) is 0 Å². The second-order valence-electron chi connectivity index (χ2n) is 5.58. The van der Waals surface area contributed by atoms with Crippen LogP contribution in [0.2, 0.25) is 0 Å². The Hall–Kier alpha value is 0. The molecular weight excluding hydrogens is 144 g/mol. The van der Waals surface area contributed by atoms with E-state index in [1.807, 2.05) is 0 Å². The molecule has 70 valence electrons. The molecule has 0 atom stereocenters. The Balaban J connectivity index is 1.92. The van der Waals surface area contributed by atoms with Crippen LogP contribution in [0.3, 0.4) is 0 Å². The van der Waals surface area contributed by atoms with E-state index in [-0.39, 0.29) is 0 Å². The fourth-order valence-electron chi connectivity index (χ4n) is 3.66. The van der Waals surface area contributed by atoms with E-state index in [0.29, 0.717) is 0 Å². The molecule has 0 aromatic carbocycles. The van der Waals surface area contributed by atoms with Crippen molar-refractivity contribution < 1.29 is 0 Å². The van der Waals surface area contributed by atoms with Gasteiger partial charge in [0, 0.05) is 0 Å². The standard InChI is InChI=1S/C12H22/c1-3-11(2)9-12(10-11)7-5-4-6-8-12/h3-10H2,1-2H3. The summed E-state index contributed by atoms with van der Waals surface area (Å²) in [5.74, 6) is 0. The third kappa shape index (κ3) is 1.30. The summed E-state index contributed by atoms with van der Waals surface area (Å²) >= 11 is 0. The van der Waals surface area contributed by atoms with E-state index in [9.17, 15) is 0 Å². The fourth-order valence-corrected chi connectivity index (χ4v) is 3.66. The third-order valence-electron chi connectivity index (χ3n) is 4.37. The SMILES string of the molecule is CCC1(C)CC2(CCCCC2)C1. The molecule has 0 radical (unpaired) electrons. The van der Waals surface area contributed by atoms with E-state index in [2.05, 4.69) is 13.8 Å². The quantitative estimate of drug-likeness (QED) is 0.549. The molecule has 2 fully saturated rings. The van der Waals surface area contributed by atoms with Crippen LogP contribution in [0.1, 0.15) is 65.2 Å². The van der Waals surface area contributed by atoms with Gasteiger partial charge in [-0.2, -0.15) is 0 Å². The van der Waals surface area contributed by atoms with Crippen molar-refractivity contribution in [1.82, 2.24) is 0 Å². The van der Waals surface area contributed by atoms with Gasteiger partial charge in [-0.25, -0.2) is 0 Å². The summed E-state index contributed by atoms with van der Waals surface area (Å²) in [6.45, 7) is 4.84. The van der Waals surface area contributed by atoms with Crippen LogP contribution in [-0.2, 0) is 0 Å².